The lowest BCUT2D eigenvalue weighted by Crippen LogP contribution is -2.15. The van der Waals surface area contributed by atoms with Gasteiger partial charge in [-0.3, -0.25) is 0 Å². The molecule has 0 aliphatic carbocycles. The third kappa shape index (κ3) is 24.9. The van der Waals surface area contributed by atoms with E-state index >= 15 is 0 Å². The van der Waals surface area contributed by atoms with E-state index in [4.69, 9.17) is 43.0 Å². The van der Waals surface area contributed by atoms with E-state index in [-0.39, 0.29) is 6.61 Å². The van der Waals surface area contributed by atoms with E-state index in [0.717, 1.165) is 5.57 Å². The Bertz CT molecular complexity index is 576. The zero-order valence-electron chi connectivity index (χ0n) is 23.7. The molecule has 0 unspecified atom stereocenters. The molecule has 0 radical (unpaired) electrons. The summed E-state index contributed by atoms with van der Waals surface area (Å²) in [4.78, 5) is 0. The molecule has 0 fully saturated rings. The van der Waals surface area contributed by atoms with Crippen LogP contribution in [-0.2, 0) is 37.9 Å². The smallest absolute Gasteiger partial charge is 0.0704 e. The summed E-state index contributed by atoms with van der Waals surface area (Å²) in [5.74, 6) is 0.428. The summed E-state index contributed by atoms with van der Waals surface area (Å²) in [6.45, 7) is 20.6. The monoisotopic (exact) mass is 532 g/mol. The Morgan fingerprint density at radius 2 is 0.919 bits per heavy atom. The molecule has 0 aromatic rings. The van der Waals surface area contributed by atoms with Crippen molar-refractivity contribution in [2.24, 2.45) is 5.92 Å². The second kappa shape index (κ2) is 27.9. The van der Waals surface area contributed by atoms with Gasteiger partial charge in [-0.05, 0) is 30.9 Å². The van der Waals surface area contributed by atoms with Crippen LogP contribution in [0, 0.1) is 5.92 Å². The third-order valence-corrected chi connectivity index (χ3v) is 5.07. The maximum absolute atomic E-state index is 8.57. The molecule has 1 N–H and O–H groups in total. The Hall–Kier alpha value is -1.14. The van der Waals surface area contributed by atoms with Crippen LogP contribution in [0.5, 0.6) is 0 Å². The van der Waals surface area contributed by atoms with Crippen LogP contribution < -0.4 is 0 Å². The quantitative estimate of drug-likeness (QED) is 0.120. The van der Waals surface area contributed by atoms with Gasteiger partial charge in [-0.15, -0.1) is 0 Å². The molecule has 0 saturated carbocycles. The molecule has 9 nitrogen and oxygen atoms in total. The van der Waals surface area contributed by atoms with E-state index in [2.05, 4.69) is 33.4 Å². The number of aliphatic hydroxyl groups excluding tert-OH is 1. The summed E-state index contributed by atoms with van der Waals surface area (Å²) in [5.41, 5.74) is 3.68. The molecule has 0 bridgehead atoms. The van der Waals surface area contributed by atoms with Gasteiger partial charge in [-0.1, -0.05) is 38.2 Å². The van der Waals surface area contributed by atoms with Crippen LogP contribution in [0.15, 0.2) is 35.5 Å². The topological polar surface area (TPSA) is 94.1 Å². The van der Waals surface area contributed by atoms with Gasteiger partial charge < -0.3 is 43.0 Å². The highest BCUT2D eigenvalue weighted by Crippen LogP contribution is 2.17. The zero-order chi connectivity index (χ0) is 27.4. The van der Waals surface area contributed by atoms with Crippen molar-refractivity contribution in [2.45, 2.75) is 27.7 Å². The SMILES string of the molecule is C=C/C(C)=C\C(C)=C(\COCCOCCOCCOCCOCCOCCOCCOCCO)C(C)C. The zero-order valence-corrected chi connectivity index (χ0v) is 23.7. The highest BCUT2D eigenvalue weighted by Gasteiger charge is 2.07. The molecule has 0 aromatic heterocycles. The number of rotatable bonds is 28. The van der Waals surface area contributed by atoms with E-state index < -0.39 is 0 Å². The molecule has 0 aliphatic heterocycles. The molecule has 218 valence electrons. The van der Waals surface area contributed by atoms with Gasteiger partial charge in [0, 0.05) is 0 Å². The van der Waals surface area contributed by atoms with Crippen molar-refractivity contribution in [1.29, 1.82) is 0 Å². The predicted molar refractivity (Wildman–Crippen MR) is 145 cm³/mol. The Labute approximate surface area is 224 Å². The highest BCUT2D eigenvalue weighted by molar-refractivity contribution is 5.31. The van der Waals surface area contributed by atoms with Crippen LogP contribution in [0.3, 0.4) is 0 Å². The second-order valence-electron chi connectivity index (χ2n) is 8.52. The standard InChI is InChI=1S/C28H52O9/c1-6-26(4)23-27(5)28(25(2)3)24-37-22-21-36-20-19-35-18-17-34-16-15-33-14-13-32-12-11-31-10-9-30-8-7-29/h6,23,25,29H,1,7-22,24H2,2-5H3/b26-23-,28-27-. The van der Waals surface area contributed by atoms with Gasteiger partial charge in [0.25, 0.3) is 0 Å². The van der Waals surface area contributed by atoms with Crippen molar-refractivity contribution in [3.05, 3.63) is 35.5 Å². The summed E-state index contributed by atoms with van der Waals surface area (Å²) >= 11 is 0. The summed E-state index contributed by atoms with van der Waals surface area (Å²) in [6.07, 6.45) is 4.01. The Morgan fingerprint density at radius 1 is 0.595 bits per heavy atom. The summed E-state index contributed by atoms with van der Waals surface area (Å²) in [5, 5.41) is 8.57. The molecule has 0 atom stereocenters. The first kappa shape index (κ1) is 35.9. The molecular formula is C28H52O9. The van der Waals surface area contributed by atoms with Crippen LogP contribution in [0.2, 0.25) is 0 Å². The first-order chi connectivity index (χ1) is 18.0. The van der Waals surface area contributed by atoms with E-state index in [0.29, 0.717) is 112 Å². The average Bonchev–Trinajstić information content (AvgIpc) is 2.88. The molecular weight excluding hydrogens is 480 g/mol. The van der Waals surface area contributed by atoms with E-state index in [9.17, 15) is 0 Å². The van der Waals surface area contributed by atoms with Crippen molar-refractivity contribution in [3.8, 4) is 0 Å². The van der Waals surface area contributed by atoms with Gasteiger partial charge in [-0.25, -0.2) is 0 Å². The lowest BCUT2D eigenvalue weighted by atomic mass is 9.97. The van der Waals surface area contributed by atoms with Gasteiger partial charge in [-0.2, -0.15) is 0 Å². The first-order valence-corrected chi connectivity index (χ1v) is 13.3. The largest absolute Gasteiger partial charge is 0.394 e. The van der Waals surface area contributed by atoms with Crippen molar-refractivity contribution < 1.29 is 43.0 Å². The van der Waals surface area contributed by atoms with Gasteiger partial charge in [0.15, 0.2) is 0 Å². The average molecular weight is 533 g/mol. The minimum atomic E-state index is 0.0299. The lowest BCUT2D eigenvalue weighted by Gasteiger charge is -2.15. The van der Waals surface area contributed by atoms with Crippen LogP contribution >= 0.6 is 0 Å². The molecule has 37 heavy (non-hydrogen) atoms. The minimum absolute atomic E-state index is 0.0299. The fourth-order valence-corrected chi connectivity index (χ4v) is 3.02. The number of hydrogen-bond acceptors (Lipinski definition) is 9. The summed E-state index contributed by atoms with van der Waals surface area (Å²) in [6, 6.07) is 0. The molecule has 0 aliphatic rings. The van der Waals surface area contributed by atoms with Crippen LogP contribution in [0.4, 0.5) is 0 Å². The number of allylic oxidation sites excluding steroid dienone is 4. The van der Waals surface area contributed by atoms with Crippen molar-refractivity contribution >= 4 is 0 Å². The first-order valence-electron chi connectivity index (χ1n) is 13.3. The maximum Gasteiger partial charge on any atom is 0.0704 e. The van der Waals surface area contributed by atoms with E-state index in [1.54, 1.807) is 0 Å². The summed E-state index contributed by atoms with van der Waals surface area (Å²) < 4.78 is 43.6. The predicted octanol–water partition coefficient (Wildman–Crippen LogP) is 3.22. The Kier molecular flexibility index (Phi) is 27.0. The maximum atomic E-state index is 8.57. The Morgan fingerprint density at radius 3 is 1.22 bits per heavy atom. The Balaban J connectivity index is 3.39. The fourth-order valence-electron chi connectivity index (χ4n) is 3.02. The molecule has 0 rings (SSSR count). The van der Waals surface area contributed by atoms with Crippen molar-refractivity contribution in [1.82, 2.24) is 0 Å². The highest BCUT2D eigenvalue weighted by atomic mass is 16.6. The molecule has 9 heteroatoms. The van der Waals surface area contributed by atoms with Gasteiger partial charge in [0.2, 0.25) is 0 Å². The molecule has 0 aromatic carbocycles. The fraction of sp³-hybridized carbons (Fsp3) is 0.786. The number of hydrogen-bond donors (Lipinski definition) is 1. The lowest BCUT2D eigenvalue weighted by molar-refractivity contribution is -0.0235. The molecule has 0 saturated heterocycles. The van der Waals surface area contributed by atoms with Crippen molar-refractivity contribution in [3.63, 3.8) is 0 Å². The molecule has 0 amide bonds. The normalized spacial score (nSPS) is 12.9. The van der Waals surface area contributed by atoms with E-state index in [1.165, 1.54) is 11.1 Å². The minimum Gasteiger partial charge on any atom is -0.394 e. The molecule has 0 heterocycles. The van der Waals surface area contributed by atoms with E-state index in [1.807, 2.05) is 13.0 Å². The number of ether oxygens (including phenoxy) is 8. The van der Waals surface area contributed by atoms with Crippen molar-refractivity contribution in [2.75, 3.05) is 112 Å². The van der Waals surface area contributed by atoms with Crippen LogP contribution in [-0.4, -0.2) is 117 Å². The molecule has 0 spiro atoms. The van der Waals surface area contributed by atoms with Crippen LogP contribution in [0.25, 0.3) is 0 Å². The number of aliphatic hydroxyl groups is 1. The van der Waals surface area contributed by atoms with Gasteiger partial charge in [0.1, 0.15) is 0 Å². The summed E-state index contributed by atoms with van der Waals surface area (Å²) in [7, 11) is 0. The third-order valence-electron chi connectivity index (χ3n) is 5.07. The second-order valence-corrected chi connectivity index (χ2v) is 8.52. The van der Waals surface area contributed by atoms with Gasteiger partial charge in [0.05, 0.1) is 112 Å². The van der Waals surface area contributed by atoms with Gasteiger partial charge >= 0.3 is 0 Å². The van der Waals surface area contributed by atoms with Crippen LogP contribution in [0.1, 0.15) is 27.7 Å².